The van der Waals surface area contributed by atoms with Crippen LogP contribution in [0.4, 0.5) is 11.6 Å². The summed E-state index contributed by atoms with van der Waals surface area (Å²) in [5.74, 6) is 1.71. The van der Waals surface area contributed by atoms with Crippen molar-refractivity contribution in [1.29, 1.82) is 0 Å². The summed E-state index contributed by atoms with van der Waals surface area (Å²) < 4.78 is 4.98. The largest absolute Gasteiger partial charge is 0.360 e. The van der Waals surface area contributed by atoms with Gasteiger partial charge in [-0.05, 0) is 33.3 Å². The molecule has 1 N–H and O–H groups in total. The summed E-state index contributed by atoms with van der Waals surface area (Å²) in [6.07, 6.45) is 1.55. The van der Waals surface area contributed by atoms with Crippen LogP contribution >= 0.6 is 11.3 Å². The van der Waals surface area contributed by atoms with E-state index in [-0.39, 0.29) is 5.91 Å². The Bertz CT molecular complexity index is 882. The zero-order valence-corrected chi connectivity index (χ0v) is 14.9. The highest BCUT2D eigenvalue weighted by Gasteiger charge is 2.21. The Balaban J connectivity index is 2.02. The van der Waals surface area contributed by atoms with Crippen LogP contribution in [-0.4, -0.2) is 34.1 Å². The van der Waals surface area contributed by atoms with Crippen LogP contribution in [0.5, 0.6) is 0 Å². The van der Waals surface area contributed by atoms with Gasteiger partial charge in [0.05, 0.1) is 10.3 Å². The molecule has 0 aliphatic heterocycles. The van der Waals surface area contributed by atoms with Crippen LogP contribution in [0.15, 0.2) is 16.9 Å². The Morgan fingerprint density at radius 3 is 2.67 bits per heavy atom. The normalized spacial score (nSPS) is 11.0. The van der Waals surface area contributed by atoms with E-state index in [4.69, 9.17) is 4.52 Å². The summed E-state index contributed by atoms with van der Waals surface area (Å²) in [5.41, 5.74) is 0.884. The number of thiophene rings is 1. The lowest BCUT2D eigenvalue weighted by molar-refractivity contribution is 0.102. The van der Waals surface area contributed by atoms with Crippen molar-refractivity contribution in [3.63, 3.8) is 0 Å². The minimum atomic E-state index is -0.214. The van der Waals surface area contributed by atoms with Crippen molar-refractivity contribution in [3.05, 3.63) is 28.6 Å². The van der Waals surface area contributed by atoms with Gasteiger partial charge in [0.2, 0.25) is 0 Å². The molecule has 0 saturated heterocycles. The van der Waals surface area contributed by atoms with Gasteiger partial charge < -0.3 is 14.7 Å². The van der Waals surface area contributed by atoms with E-state index in [1.165, 1.54) is 11.3 Å². The lowest BCUT2D eigenvalue weighted by Crippen LogP contribution is -2.23. The van der Waals surface area contributed by atoms with Gasteiger partial charge in [-0.3, -0.25) is 4.79 Å². The van der Waals surface area contributed by atoms with Crippen LogP contribution in [0.25, 0.3) is 10.2 Å². The molecule has 3 aromatic rings. The molecular weight excluding hydrogens is 326 g/mol. The minimum absolute atomic E-state index is 0.214. The van der Waals surface area contributed by atoms with Crippen LogP contribution in [0, 0.1) is 13.8 Å². The predicted octanol–water partition coefficient (Wildman–Crippen LogP) is 3.39. The van der Waals surface area contributed by atoms with Crippen LogP contribution in [0.3, 0.4) is 0 Å². The second kappa shape index (κ2) is 6.56. The fourth-order valence-electron chi connectivity index (χ4n) is 2.63. The molecule has 0 fully saturated rings. The molecule has 24 heavy (non-hydrogen) atoms. The molecular formula is C16H19N5O2S. The Hall–Kier alpha value is -2.48. The van der Waals surface area contributed by atoms with E-state index in [1.54, 1.807) is 19.3 Å². The third kappa shape index (κ3) is 2.84. The highest BCUT2D eigenvalue weighted by Crippen LogP contribution is 2.35. The number of aromatic nitrogens is 3. The summed E-state index contributed by atoms with van der Waals surface area (Å²) in [5, 5.41) is 7.50. The maximum atomic E-state index is 12.6. The quantitative estimate of drug-likeness (QED) is 0.763. The average molecular weight is 345 g/mol. The second-order valence-electron chi connectivity index (χ2n) is 5.38. The number of hydrogen-bond acceptors (Lipinski definition) is 7. The number of nitrogens with one attached hydrogen (secondary N) is 1. The Morgan fingerprint density at radius 2 is 2.04 bits per heavy atom. The summed E-state index contributed by atoms with van der Waals surface area (Å²) in [6, 6.07) is 1.68. The Labute approximate surface area is 143 Å². The molecule has 0 aromatic carbocycles. The van der Waals surface area contributed by atoms with Crippen molar-refractivity contribution in [3.8, 4) is 0 Å². The Morgan fingerprint density at radius 1 is 1.29 bits per heavy atom. The van der Waals surface area contributed by atoms with Gasteiger partial charge in [-0.15, -0.1) is 11.3 Å². The monoisotopic (exact) mass is 345 g/mol. The number of aryl methyl sites for hydroxylation is 2. The number of nitrogens with zero attached hydrogens (tertiary/aromatic N) is 4. The molecule has 0 atom stereocenters. The fourth-order valence-corrected chi connectivity index (χ4v) is 3.67. The van der Waals surface area contributed by atoms with E-state index in [0.29, 0.717) is 16.5 Å². The summed E-state index contributed by atoms with van der Waals surface area (Å²) in [6.45, 7) is 9.56. The maximum absolute atomic E-state index is 12.6. The highest BCUT2D eigenvalue weighted by molar-refractivity contribution is 7.20. The van der Waals surface area contributed by atoms with Crippen molar-refractivity contribution in [1.82, 2.24) is 15.1 Å². The van der Waals surface area contributed by atoms with Gasteiger partial charge in [-0.2, -0.15) is 0 Å². The molecule has 0 aliphatic carbocycles. The average Bonchev–Trinajstić information content (AvgIpc) is 3.12. The van der Waals surface area contributed by atoms with Gasteiger partial charge in [0.1, 0.15) is 22.7 Å². The van der Waals surface area contributed by atoms with Gasteiger partial charge in [-0.25, -0.2) is 9.97 Å². The van der Waals surface area contributed by atoms with Gasteiger partial charge >= 0.3 is 0 Å². The molecule has 0 radical (unpaired) electrons. The van der Waals surface area contributed by atoms with Gasteiger partial charge in [0.25, 0.3) is 5.91 Å². The molecule has 7 nitrogen and oxygen atoms in total. The standard InChI is InChI=1S/C16H19N5O2S/c1-5-21(6-2)14-12-10(4)13(24-16(12)18-8-17-14)15(22)19-11-7-9(3)23-20-11/h7-8H,5-6H2,1-4H3,(H,19,20,22). The lowest BCUT2D eigenvalue weighted by atomic mass is 10.2. The number of rotatable bonds is 5. The molecule has 8 heteroatoms. The van der Waals surface area contributed by atoms with Crippen molar-refractivity contribution in [2.45, 2.75) is 27.7 Å². The number of hydrogen-bond donors (Lipinski definition) is 1. The van der Waals surface area contributed by atoms with E-state index in [1.807, 2.05) is 6.92 Å². The summed E-state index contributed by atoms with van der Waals surface area (Å²) in [7, 11) is 0. The SMILES string of the molecule is CCN(CC)c1ncnc2sc(C(=O)Nc3cc(C)on3)c(C)c12. The third-order valence-corrected chi connectivity index (χ3v) is 5.04. The van der Waals surface area contributed by atoms with E-state index in [2.05, 4.69) is 39.2 Å². The van der Waals surface area contributed by atoms with Crippen LogP contribution in [0.1, 0.15) is 34.8 Å². The van der Waals surface area contributed by atoms with Crippen LogP contribution < -0.4 is 10.2 Å². The maximum Gasteiger partial charge on any atom is 0.267 e. The van der Waals surface area contributed by atoms with Crippen molar-refractivity contribution in [2.24, 2.45) is 0 Å². The van der Waals surface area contributed by atoms with Crippen LogP contribution in [0.2, 0.25) is 0 Å². The van der Waals surface area contributed by atoms with Crippen molar-refractivity contribution in [2.75, 3.05) is 23.3 Å². The summed E-state index contributed by atoms with van der Waals surface area (Å²) >= 11 is 1.36. The first-order valence-corrected chi connectivity index (χ1v) is 8.60. The van der Waals surface area contributed by atoms with Gasteiger partial charge in [0, 0.05) is 19.2 Å². The van der Waals surface area contributed by atoms with Crippen LogP contribution in [-0.2, 0) is 0 Å². The number of carbonyl (C=O) groups is 1. The zero-order valence-electron chi connectivity index (χ0n) is 14.1. The Kier molecular flexibility index (Phi) is 4.48. The molecule has 0 saturated carbocycles. The minimum Gasteiger partial charge on any atom is -0.360 e. The second-order valence-corrected chi connectivity index (χ2v) is 6.38. The van der Waals surface area contributed by atoms with E-state index in [9.17, 15) is 4.79 Å². The van der Waals surface area contributed by atoms with Crippen molar-refractivity contribution < 1.29 is 9.32 Å². The first-order chi connectivity index (χ1) is 11.5. The first-order valence-electron chi connectivity index (χ1n) is 7.78. The molecule has 0 aliphatic rings. The van der Waals surface area contributed by atoms with E-state index in [0.717, 1.165) is 34.7 Å². The molecule has 0 spiro atoms. The third-order valence-electron chi connectivity index (χ3n) is 3.85. The molecule has 3 heterocycles. The smallest absolute Gasteiger partial charge is 0.267 e. The van der Waals surface area contributed by atoms with E-state index < -0.39 is 0 Å². The molecule has 0 unspecified atom stereocenters. The van der Waals surface area contributed by atoms with Gasteiger partial charge in [0.15, 0.2) is 5.82 Å². The molecule has 3 rings (SSSR count). The van der Waals surface area contributed by atoms with Gasteiger partial charge in [-0.1, -0.05) is 5.16 Å². The topological polar surface area (TPSA) is 84.2 Å². The zero-order chi connectivity index (χ0) is 17.3. The first kappa shape index (κ1) is 16.4. The molecule has 0 bridgehead atoms. The molecule has 1 amide bonds. The highest BCUT2D eigenvalue weighted by atomic mass is 32.1. The predicted molar refractivity (Wildman–Crippen MR) is 94.9 cm³/mol. The lowest BCUT2D eigenvalue weighted by Gasteiger charge is -2.20. The number of fused-ring (bicyclic) bond motifs is 1. The van der Waals surface area contributed by atoms with E-state index >= 15 is 0 Å². The number of carbonyl (C=O) groups excluding carboxylic acids is 1. The fraction of sp³-hybridized carbons (Fsp3) is 0.375. The molecule has 3 aromatic heterocycles. The number of anilines is 2. The number of amides is 1. The molecule has 126 valence electrons. The van der Waals surface area contributed by atoms with Crippen molar-refractivity contribution >= 4 is 39.1 Å². The summed E-state index contributed by atoms with van der Waals surface area (Å²) in [4.78, 5) is 24.9.